The van der Waals surface area contributed by atoms with Crippen LogP contribution in [0.15, 0.2) is 0 Å². The molecule has 0 radical (unpaired) electrons. The van der Waals surface area contributed by atoms with Gasteiger partial charge >= 0.3 is 6.03 Å². The lowest BCUT2D eigenvalue weighted by Gasteiger charge is -2.29. The van der Waals surface area contributed by atoms with E-state index in [4.69, 9.17) is 5.73 Å². The van der Waals surface area contributed by atoms with Crippen molar-refractivity contribution in [3.8, 4) is 0 Å². The molecular weight excluding hydrogens is 210 g/mol. The zero-order valence-corrected chi connectivity index (χ0v) is 9.36. The molecule has 6 nitrogen and oxygen atoms in total. The van der Waals surface area contributed by atoms with Crippen LogP contribution in [0.1, 0.15) is 19.8 Å². The minimum Gasteiger partial charge on any atom is -0.351 e. The standard InChI is InChI=1S/C10H17N3O3/c1-7(14)8-2-4-13(5-3-8)6-9(15)12-10(11)16/h8H,2-6H2,1H3,(H3,11,12,15,16). The predicted molar refractivity (Wildman–Crippen MR) is 57.6 cm³/mol. The summed E-state index contributed by atoms with van der Waals surface area (Å²) in [6, 6.07) is -0.830. The van der Waals surface area contributed by atoms with Gasteiger partial charge in [-0.05, 0) is 32.9 Å². The molecule has 0 saturated carbocycles. The number of imide groups is 1. The van der Waals surface area contributed by atoms with Crippen LogP contribution in [0.5, 0.6) is 0 Å². The molecule has 6 heteroatoms. The van der Waals surface area contributed by atoms with E-state index in [1.807, 2.05) is 10.2 Å². The molecule has 0 aromatic heterocycles. The molecule has 0 atom stereocenters. The minimum atomic E-state index is -0.830. The van der Waals surface area contributed by atoms with E-state index in [1.165, 1.54) is 0 Å². The highest BCUT2D eigenvalue weighted by Crippen LogP contribution is 2.17. The normalized spacial score (nSPS) is 18.1. The van der Waals surface area contributed by atoms with Crippen LogP contribution in [0.2, 0.25) is 0 Å². The van der Waals surface area contributed by atoms with E-state index in [1.54, 1.807) is 6.92 Å². The van der Waals surface area contributed by atoms with Crippen molar-refractivity contribution in [2.45, 2.75) is 19.8 Å². The zero-order valence-electron chi connectivity index (χ0n) is 9.36. The Morgan fingerprint density at radius 2 is 1.88 bits per heavy atom. The van der Waals surface area contributed by atoms with E-state index < -0.39 is 11.9 Å². The fourth-order valence-corrected chi connectivity index (χ4v) is 1.88. The van der Waals surface area contributed by atoms with Gasteiger partial charge in [-0.2, -0.15) is 0 Å². The van der Waals surface area contributed by atoms with Crippen LogP contribution in [-0.4, -0.2) is 42.3 Å². The molecule has 0 aromatic carbocycles. The molecule has 1 rings (SSSR count). The summed E-state index contributed by atoms with van der Waals surface area (Å²) in [5, 5.41) is 2.02. The lowest BCUT2D eigenvalue weighted by Crippen LogP contribution is -2.45. The van der Waals surface area contributed by atoms with Gasteiger partial charge in [0, 0.05) is 5.92 Å². The van der Waals surface area contributed by atoms with Crippen molar-refractivity contribution < 1.29 is 14.4 Å². The van der Waals surface area contributed by atoms with Crippen molar-refractivity contribution in [3.05, 3.63) is 0 Å². The molecule has 3 N–H and O–H groups in total. The van der Waals surface area contributed by atoms with E-state index in [9.17, 15) is 14.4 Å². The van der Waals surface area contributed by atoms with E-state index in [2.05, 4.69) is 0 Å². The van der Waals surface area contributed by atoms with Crippen molar-refractivity contribution in [2.75, 3.05) is 19.6 Å². The Labute approximate surface area is 94.2 Å². The second-order valence-electron chi connectivity index (χ2n) is 4.07. The monoisotopic (exact) mass is 227 g/mol. The van der Waals surface area contributed by atoms with Gasteiger partial charge in [0.2, 0.25) is 5.91 Å². The first kappa shape index (κ1) is 12.6. The molecule has 16 heavy (non-hydrogen) atoms. The van der Waals surface area contributed by atoms with Crippen molar-refractivity contribution in [1.82, 2.24) is 10.2 Å². The maximum Gasteiger partial charge on any atom is 0.318 e. The summed E-state index contributed by atoms with van der Waals surface area (Å²) in [6.07, 6.45) is 1.55. The maximum absolute atomic E-state index is 11.2. The number of urea groups is 1. The lowest BCUT2D eigenvalue weighted by molar-refractivity contribution is -0.123. The number of carbonyl (C=O) groups excluding carboxylic acids is 3. The highest BCUT2D eigenvalue weighted by atomic mass is 16.2. The average molecular weight is 227 g/mol. The molecular formula is C10H17N3O3. The fourth-order valence-electron chi connectivity index (χ4n) is 1.88. The summed E-state index contributed by atoms with van der Waals surface area (Å²) in [7, 11) is 0. The summed E-state index contributed by atoms with van der Waals surface area (Å²) in [5.41, 5.74) is 4.83. The molecule has 0 bridgehead atoms. The van der Waals surface area contributed by atoms with Crippen molar-refractivity contribution in [3.63, 3.8) is 0 Å². The van der Waals surface area contributed by atoms with Gasteiger partial charge in [-0.25, -0.2) is 4.79 Å². The van der Waals surface area contributed by atoms with Gasteiger partial charge in [-0.3, -0.25) is 19.8 Å². The molecule has 1 heterocycles. The number of nitrogens with two attached hydrogens (primary N) is 1. The minimum absolute atomic E-state index is 0.121. The second-order valence-corrected chi connectivity index (χ2v) is 4.07. The van der Waals surface area contributed by atoms with Crippen LogP contribution >= 0.6 is 0 Å². The van der Waals surface area contributed by atoms with E-state index in [-0.39, 0.29) is 18.2 Å². The van der Waals surface area contributed by atoms with Gasteiger partial charge in [0.25, 0.3) is 0 Å². The third kappa shape index (κ3) is 3.98. The first-order valence-corrected chi connectivity index (χ1v) is 5.31. The summed E-state index contributed by atoms with van der Waals surface area (Å²) in [6.45, 7) is 3.17. The van der Waals surface area contributed by atoms with Crippen LogP contribution in [0.25, 0.3) is 0 Å². The largest absolute Gasteiger partial charge is 0.351 e. The number of hydrogen-bond donors (Lipinski definition) is 2. The number of primary amides is 1. The van der Waals surface area contributed by atoms with Crippen molar-refractivity contribution in [2.24, 2.45) is 11.7 Å². The van der Waals surface area contributed by atoms with Gasteiger partial charge in [0.15, 0.2) is 0 Å². The van der Waals surface area contributed by atoms with Crippen molar-refractivity contribution in [1.29, 1.82) is 0 Å². The third-order valence-electron chi connectivity index (χ3n) is 2.79. The first-order valence-electron chi connectivity index (χ1n) is 5.31. The van der Waals surface area contributed by atoms with Crippen LogP contribution in [0.3, 0.4) is 0 Å². The molecule has 1 fully saturated rings. The van der Waals surface area contributed by atoms with E-state index in [0.29, 0.717) is 13.1 Å². The fraction of sp³-hybridized carbons (Fsp3) is 0.700. The molecule has 1 saturated heterocycles. The summed E-state index contributed by atoms with van der Waals surface area (Å²) < 4.78 is 0. The number of carbonyl (C=O) groups is 3. The Bertz CT molecular complexity index is 296. The third-order valence-corrected chi connectivity index (χ3v) is 2.79. The molecule has 0 aliphatic carbocycles. The number of likely N-dealkylation sites (tertiary alicyclic amines) is 1. The Morgan fingerprint density at radius 1 is 1.31 bits per heavy atom. The topological polar surface area (TPSA) is 92.5 Å². The van der Waals surface area contributed by atoms with Crippen LogP contribution in [0, 0.1) is 5.92 Å². The van der Waals surface area contributed by atoms with E-state index in [0.717, 1.165) is 12.8 Å². The number of ketones is 1. The second kappa shape index (κ2) is 5.60. The van der Waals surface area contributed by atoms with Gasteiger partial charge in [0.05, 0.1) is 6.54 Å². The molecule has 0 unspecified atom stereocenters. The first-order chi connectivity index (χ1) is 7.49. The Balaban J connectivity index is 2.29. The molecule has 0 spiro atoms. The molecule has 3 amide bonds. The zero-order chi connectivity index (χ0) is 12.1. The quantitative estimate of drug-likeness (QED) is 0.678. The Hall–Kier alpha value is -1.43. The Kier molecular flexibility index (Phi) is 4.42. The predicted octanol–water partition coefficient (Wildman–Crippen LogP) is -0.518. The van der Waals surface area contributed by atoms with E-state index >= 15 is 0 Å². The molecule has 1 aliphatic heterocycles. The number of nitrogens with zero attached hydrogens (tertiary/aromatic N) is 1. The average Bonchev–Trinajstić information content (AvgIpc) is 2.16. The number of piperidine rings is 1. The van der Waals surface area contributed by atoms with Gasteiger partial charge in [0.1, 0.15) is 5.78 Å². The molecule has 90 valence electrons. The summed E-state index contributed by atoms with van der Waals surface area (Å²) in [4.78, 5) is 34.7. The highest BCUT2D eigenvalue weighted by molar-refractivity contribution is 5.94. The number of hydrogen-bond acceptors (Lipinski definition) is 4. The Morgan fingerprint density at radius 3 is 2.31 bits per heavy atom. The maximum atomic E-state index is 11.2. The van der Waals surface area contributed by atoms with Crippen molar-refractivity contribution >= 4 is 17.7 Å². The number of rotatable bonds is 3. The van der Waals surface area contributed by atoms with Gasteiger partial charge in [-0.1, -0.05) is 0 Å². The number of nitrogens with one attached hydrogen (secondary N) is 1. The number of amides is 3. The number of Topliss-reactive ketones (excluding diaryl/α,β-unsaturated/α-hetero) is 1. The SMILES string of the molecule is CC(=O)C1CCN(CC(=O)NC(N)=O)CC1. The molecule has 1 aliphatic rings. The van der Waals surface area contributed by atoms with Crippen LogP contribution < -0.4 is 11.1 Å². The highest BCUT2D eigenvalue weighted by Gasteiger charge is 2.23. The lowest BCUT2D eigenvalue weighted by atomic mass is 9.93. The summed E-state index contributed by atoms with van der Waals surface area (Å²) in [5.74, 6) is -0.0644. The van der Waals surface area contributed by atoms with Gasteiger partial charge in [-0.15, -0.1) is 0 Å². The summed E-state index contributed by atoms with van der Waals surface area (Å²) >= 11 is 0. The molecule has 0 aromatic rings. The van der Waals surface area contributed by atoms with Gasteiger partial charge < -0.3 is 5.73 Å². The van der Waals surface area contributed by atoms with Crippen LogP contribution in [0.4, 0.5) is 4.79 Å². The van der Waals surface area contributed by atoms with Crippen LogP contribution in [-0.2, 0) is 9.59 Å². The smallest absolute Gasteiger partial charge is 0.318 e.